The molecule has 2 heterocycles. The van der Waals surface area contributed by atoms with Crippen LogP contribution in [0.5, 0.6) is 11.5 Å². The third-order valence-corrected chi connectivity index (χ3v) is 4.72. The summed E-state index contributed by atoms with van der Waals surface area (Å²) in [5.74, 6) is 0.875. The molecule has 128 valence electrons. The Bertz CT molecular complexity index is 828. The van der Waals surface area contributed by atoms with Crippen LogP contribution in [0.2, 0.25) is 0 Å². The molecule has 0 aromatic heterocycles. The molecule has 25 heavy (non-hydrogen) atoms. The number of likely N-dealkylation sites (tertiary alicyclic amines) is 1. The number of carbonyl (C=O) groups excluding carboxylic acids is 2. The minimum absolute atomic E-state index is 0.0942. The van der Waals surface area contributed by atoms with Crippen LogP contribution in [0.4, 0.5) is 0 Å². The van der Waals surface area contributed by atoms with E-state index in [1.807, 2.05) is 49.4 Å². The average molecular weight is 337 g/mol. The van der Waals surface area contributed by atoms with Crippen molar-refractivity contribution in [3.63, 3.8) is 0 Å². The Balaban J connectivity index is 1.46. The highest BCUT2D eigenvalue weighted by Gasteiger charge is 2.38. The minimum Gasteiger partial charge on any atom is -0.454 e. The summed E-state index contributed by atoms with van der Waals surface area (Å²) in [6.07, 6.45) is 0.875. The highest BCUT2D eigenvalue weighted by Crippen LogP contribution is 2.33. The van der Waals surface area contributed by atoms with Crippen LogP contribution in [0.25, 0.3) is 0 Å². The molecule has 1 fully saturated rings. The van der Waals surface area contributed by atoms with Crippen molar-refractivity contribution in [3.05, 3.63) is 59.2 Å². The van der Waals surface area contributed by atoms with Crippen LogP contribution in [-0.4, -0.2) is 23.5 Å². The maximum atomic E-state index is 12.7. The molecule has 5 nitrogen and oxygen atoms in total. The number of rotatable bonds is 4. The van der Waals surface area contributed by atoms with Crippen molar-refractivity contribution in [3.8, 4) is 11.5 Å². The van der Waals surface area contributed by atoms with E-state index in [1.54, 1.807) is 0 Å². The quantitative estimate of drug-likeness (QED) is 0.805. The minimum atomic E-state index is -0.274. The van der Waals surface area contributed by atoms with Crippen molar-refractivity contribution in [2.45, 2.75) is 26.3 Å². The summed E-state index contributed by atoms with van der Waals surface area (Å²) in [5, 5.41) is 0. The zero-order valence-corrected chi connectivity index (χ0v) is 14.0. The van der Waals surface area contributed by atoms with Gasteiger partial charge in [0.25, 0.3) is 0 Å². The number of ether oxygens (including phenoxy) is 2. The van der Waals surface area contributed by atoms with Gasteiger partial charge < -0.3 is 9.47 Å². The summed E-state index contributed by atoms with van der Waals surface area (Å²) in [6, 6.07) is 13.6. The molecule has 1 atom stereocenters. The van der Waals surface area contributed by atoms with Crippen molar-refractivity contribution in [2.24, 2.45) is 5.92 Å². The van der Waals surface area contributed by atoms with Crippen LogP contribution < -0.4 is 9.47 Å². The van der Waals surface area contributed by atoms with Gasteiger partial charge in [-0.1, -0.05) is 35.9 Å². The summed E-state index contributed by atoms with van der Waals surface area (Å²) in [4.78, 5) is 26.4. The molecule has 2 aliphatic rings. The van der Waals surface area contributed by atoms with Gasteiger partial charge in [-0.3, -0.25) is 14.5 Å². The highest BCUT2D eigenvalue weighted by atomic mass is 16.7. The fourth-order valence-electron chi connectivity index (χ4n) is 3.31. The van der Waals surface area contributed by atoms with Crippen LogP contribution in [0, 0.1) is 12.8 Å². The summed E-state index contributed by atoms with van der Waals surface area (Å²) < 4.78 is 10.6. The van der Waals surface area contributed by atoms with Crippen LogP contribution in [-0.2, 0) is 22.6 Å². The highest BCUT2D eigenvalue weighted by molar-refractivity contribution is 6.03. The number of amides is 2. The molecular formula is C20H19NO4. The maximum absolute atomic E-state index is 12.7. The molecule has 0 N–H and O–H groups in total. The van der Waals surface area contributed by atoms with Gasteiger partial charge in [-0.25, -0.2) is 0 Å². The van der Waals surface area contributed by atoms with Crippen LogP contribution in [0.1, 0.15) is 23.1 Å². The molecule has 2 amide bonds. The predicted octanol–water partition coefficient (Wildman–Crippen LogP) is 2.84. The Kier molecular flexibility index (Phi) is 3.92. The van der Waals surface area contributed by atoms with Gasteiger partial charge in [-0.2, -0.15) is 0 Å². The Morgan fingerprint density at radius 2 is 1.72 bits per heavy atom. The first kappa shape index (κ1) is 15.7. The van der Waals surface area contributed by atoms with E-state index in [4.69, 9.17) is 9.47 Å². The fraction of sp³-hybridized carbons (Fsp3) is 0.300. The monoisotopic (exact) mass is 337 g/mol. The Hall–Kier alpha value is -2.82. The number of aryl methyl sites for hydroxylation is 1. The summed E-state index contributed by atoms with van der Waals surface area (Å²) in [5.41, 5.74) is 3.13. The fourth-order valence-corrected chi connectivity index (χ4v) is 3.31. The van der Waals surface area contributed by atoms with Crippen molar-refractivity contribution < 1.29 is 19.1 Å². The Labute approximate surface area is 146 Å². The van der Waals surface area contributed by atoms with Gasteiger partial charge in [0.15, 0.2) is 11.5 Å². The molecule has 2 aromatic carbocycles. The van der Waals surface area contributed by atoms with Gasteiger partial charge in [-0.15, -0.1) is 0 Å². The van der Waals surface area contributed by atoms with Crippen molar-refractivity contribution >= 4 is 11.8 Å². The predicted molar refractivity (Wildman–Crippen MR) is 91.1 cm³/mol. The lowest BCUT2D eigenvalue weighted by Crippen LogP contribution is -2.30. The van der Waals surface area contributed by atoms with E-state index >= 15 is 0 Å². The molecule has 0 aliphatic carbocycles. The topological polar surface area (TPSA) is 55.8 Å². The van der Waals surface area contributed by atoms with Crippen LogP contribution in [0.3, 0.4) is 0 Å². The Morgan fingerprint density at radius 1 is 1.00 bits per heavy atom. The van der Waals surface area contributed by atoms with E-state index in [-0.39, 0.29) is 37.5 Å². The van der Waals surface area contributed by atoms with Gasteiger partial charge in [0, 0.05) is 6.42 Å². The lowest BCUT2D eigenvalue weighted by atomic mass is 9.97. The first-order chi connectivity index (χ1) is 12.1. The molecule has 2 aromatic rings. The van der Waals surface area contributed by atoms with E-state index < -0.39 is 0 Å². The second-order valence-electron chi connectivity index (χ2n) is 6.60. The number of benzene rings is 2. The van der Waals surface area contributed by atoms with E-state index in [1.165, 1.54) is 10.5 Å². The standard InChI is InChI=1S/C20H19NO4/c1-13-2-4-14(5-3-13)8-16-10-19(22)21(20(16)23)11-15-6-7-17-18(9-15)25-12-24-17/h2-7,9,16H,8,10-12H2,1H3/t16-/m0/s1. The smallest absolute Gasteiger partial charge is 0.233 e. The average Bonchev–Trinajstić information content (AvgIpc) is 3.17. The van der Waals surface area contributed by atoms with E-state index in [2.05, 4.69) is 0 Å². The van der Waals surface area contributed by atoms with Gasteiger partial charge >= 0.3 is 0 Å². The summed E-state index contributed by atoms with van der Waals surface area (Å²) in [7, 11) is 0. The molecule has 0 saturated carbocycles. The summed E-state index contributed by atoms with van der Waals surface area (Å²) >= 11 is 0. The van der Waals surface area contributed by atoms with Crippen molar-refractivity contribution in [1.29, 1.82) is 0 Å². The SMILES string of the molecule is Cc1ccc(C[C@H]2CC(=O)N(Cc3ccc4c(c3)OCO4)C2=O)cc1. The number of hydrogen-bond donors (Lipinski definition) is 0. The molecular weight excluding hydrogens is 318 g/mol. The van der Waals surface area contributed by atoms with Crippen LogP contribution >= 0.6 is 0 Å². The zero-order valence-electron chi connectivity index (χ0n) is 14.0. The largest absolute Gasteiger partial charge is 0.454 e. The van der Waals surface area contributed by atoms with Gasteiger partial charge in [0.1, 0.15) is 0 Å². The molecule has 0 unspecified atom stereocenters. The normalized spacial score (nSPS) is 18.9. The van der Waals surface area contributed by atoms with Crippen molar-refractivity contribution in [2.75, 3.05) is 6.79 Å². The third-order valence-electron chi connectivity index (χ3n) is 4.72. The number of imide groups is 1. The molecule has 0 spiro atoms. The van der Waals surface area contributed by atoms with Gasteiger partial charge in [-0.05, 0) is 36.6 Å². The zero-order chi connectivity index (χ0) is 17.4. The number of nitrogens with zero attached hydrogens (tertiary/aromatic N) is 1. The lowest BCUT2D eigenvalue weighted by Gasteiger charge is -2.15. The third kappa shape index (κ3) is 3.09. The second-order valence-corrected chi connectivity index (χ2v) is 6.60. The van der Waals surface area contributed by atoms with E-state index in [0.29, 0.717) is 17.9 Å². The van der Waals surface area contributed by atoms with Gasteiger partial charge in [0.2, 0.25) is 18.6 Å². The molecule has 2 aliphatic heterocycles. The first-order valence-electron chi connectivity index (χ1n) is 8.38. The van der Waals surface area contributed by atoms with E-state index in [9.17, 15) is 9.59 Å². The first-order valence-corrected chi connectivity index (χ1v) is 8.38. The lowest BCUT2D eigenvalue weighted by molar-refractivity contribution is -0.140. The molecule has 1 saturated heterocycles. The number of fused-ring (bicyclic) bond motifs is 1. The second kappa shape index (κ2) is 6.24. The molecule has 4 rings (SSSR count). The molecule has 0 radical (unpaired) electrons. The maximum Gasteiger partial charge on any atom is 0.233 e. The van der Waals surface area contributed by atoms with Crippen molar-refractivity contribution in [1.82, 2.24) is 4.90 Å². The summed E-state index contributed by atoms with van der Waals surface area (Å²) in [6.45, 7) is 2.51. The van der Waals surface area contributed by atoms with Gasteiger partial charge in [0.05, 0.1) is 12.5 Å². The Morgan fingerprint density at radius 3 is 2.52 bits per heavy atom. The number of carbonyl (C=O) groups is 2. The van der Waals surface area contributed by atoms with Crippen LogP contribution in [0.15, 0.2) is 42.5 Å². The molecule has 5 heteroatoms. The number of hydrogen-bond acceptors (Lipinski definition) is 4. The molecule has 0 bridgehead atoms. The van der Waals surface area contributed by atoms with E-state index in [0.717, 1.165) is 11.1 Å².